The van der Waals surface area contributed by atoms with Gasteiger partial charge in [-0.25, -0.2) is 0 Å². The van der Waals surface area contributed by atoms with E-state index in [2.05, 4.69) is 48.1 Å². The number of hydrogen-bond donors (Lipinski definition) is 1. The lowest BCUT2D eigenvalue weighted by atomic mass is 10.2. The average molecular weight is 284 g/mol. The van der Waals surface area contributed by atoms with Crippen LogP contribution in [0.5, 0.6) is 0 Å². The van der Waals surface area contributed by atoms with Crippen LogP contribution in [0.3, 0.4) is 0 Å². The number of likely N-dealkylation sites (N-methyl/N-ethyl adjacent to an activating group) is 2. The molecule has 1 aliphatic heterocycles. The Balaban J connectivity index is 2.31. The van der Waals surface area contributed by atoms with Gasteiger partial charge in [0.25, 0.3) is 0 Å². The molecule has 1 atom stereocenters. The van der Waals surface area contributed by atoms with Crippen LogP contribution in [-0.2, 0) is 4.79 Å². The van der Waals surface area contributed by atoms with E-state index in [4.69, 9.17) is 0 Å². The number of amides is 1. The summed E-state index contributed by atoms with van der Waals surface area (Å²) in [4.78, 5) is 18.8. The molecule has 20 heavy (non-hydrogen) atoms. The minimum absolute atomic E-state index is 0.176. The molecule has 118 valence electrons. The van der Waals surface area contributed by atoms with Gasteiger partial charge in [-0.15, -0.1) is 0 Å². The molecule has 1 amide bonds. The molecule has 1 saturated heterocycles. The van der Waals surface area contributed by atoms with Gasteiger partial charge < -0.3 is 15.1 Å². The molecule has 1 rings (SSSR count). The lowest BCUT2D eigenvalue weighted by molar-refractivity contribution is -0.122. The molecule has 0 saturated carbocycles. The van der Waals surface area contributed by atoms with E-state index in [1.807, 2.05) is 0 Å². The summed E-state index contributed by atoms with van der Waals surface area (Å²) in [7, 11) is 6.39. The van der Waals surface area contributed by atoms with E-state index in [1.165, 1.54) is 12.8 Å². The lowest BCUT2D eigenvalue weighted by Crippen LogP contribution is -2.45. The maximum atomic E-state index is 11.8. The van der Waals surface area contributed by atoms with Gasteiger partial charge in [0.05, 0.1) is 6.54 Å². The molecule has 1 fully saturated rings. The molecule has 5 nitrogen and oxygen atoms in total. The Morgan fingerprint density at radius 3 is 2.70 bits per heavy atom. The fourth-order valence-electron chi connectivity index (χ4n) is 2.64. The summed E-state index contributed by atoms with van der Waals surface area (Å²) in [6.07, 6.45) is 3.43. The molecule has 5 heteroatoms. The number of rotatable bonds is 9. The second-order valence-corrected chi connectivity index (χ2v) is 6.18. The second-order valence-electron chi connectivity index (χ2n) is 6.18. The summed E-state index contributed by atoms with van der Waals surface area (Å²) >= 11 is 0. The van der Waals surface area contributed by atoms with E-state index in [0.717, 1.165) is 39.1 Å². The smallest absolute Gasteiger partial charge is 0.234 e. The van der Waals surface area contributed by atoms with Crippen molar-refractivity contribution in [1.82, 2.24) is 20.0 Å². The Hall–Kier alpha value is -0.650. The first-order valence-electron chi connectivity index (χ1n) is 7.87. The third kappa shape index (κ3) is 6.68. The van der Waals surface area contributed by atoms with Crippen molar-refractivity contribution < 1.29 is 4.79 Å². The monoisotopic (exact) mass is 284 g/mol. The van der Waals surface area contributed by atoms with Crippen molar-refractivity contribution in [2.75, 3.05) is 60.4 Å². The van der Waals surface area contributed by atoms with Crippen molar-refractivity contribution in [1.29, 1.82) is 0 Å². The molecule has 1 N–H and O–H groups in total. The zero-order valence-electron chi connectivity index (χ0n) is 13.7. The van der Waals surface area contributed by atoms with Gasteiger partial charge in [0, 0.05) is 32.2 Å². The summed E-state index contributed by atoms with van der Waals surface area (Å²) in [5, 5.41) is 2.97. The Bertz CT molecular complexity index is 283. The molecule has 0 aromatic rings. The highest BCUT2D eigenvalue weighted by molar-refractivity contribution is 5.78. The summed E-state index contributed by atoms with van der Waals surface area (Å²) in [6.45, 7) is 7.73. The van der Waals surface area contributed by atoms with Gasteiger partial charge in [-0.1, -0.05) is 6.92 Å². The molecular weight excluding hydrogens is 252 g/mol. The summed E-state index contributed by atoms with van der Waals surface area (Å²) in [5.41, 5.74) is 0. The number of likely N-dealkylation sites (tertiary alicyclic amines) is 1. The maximum Gasteiger partial charge on any atom is 0.234 e. The zero-order valence-corrected chi connectivity index (χ0v) is 13.7. The quantitative estimate of drug-likeness (QED) is 0.668. The van der Waals surface area contributed by atoms with Crippen LogP contribution < -0.4 is 5.32 Å². The van der Waals surface area contributed by atoms with Crippen LogP contribution in [0.1, 0.15) is 26.2 Å². The molecule has 1 aliphatic rings. The van der Waals surface area contributed by atoms with E-state index >= 15 is 0 Å². The standard InChI is InChI=1S/C15H32N4O/c1-5-8-16-15(20)13-19-9-6-7-14(19)12-18(4)11-10-17(2)3/h14H,5-13H2,1-4H3,(H,16,20). The van der Waals surface area contributed by atoms with Gasteiger partial charge in [0.2, 0.25) is 5.91 Å². The van der Waals surface area contributed by atoms with Gasteiger partial charge in [-0.3, -0.25) is 9.69 Å². The molecule has 0 radical (unpaired) electrons. The highest BCUT2D eigenvalue weighted by atomic mass is 16.2. The Morgan fingerprint density at radius 2 is 2.05 bits per heavy atom. The first-order valence-corrected chi connectivity index (χ1v) is 7.87. The molecule has 0 aliphatic carbocycles. The van der Waals surface area contributed by atoms with E-state index in [0.29, 0.717) is 12.6 Å². The van der Waals surface area contributed by atoms with Gasteiger partial charge in [-0.2, -0.15) is 0 Å². The summed E-state index contributed by atoms with van der Waals surface area (Å²) in [6, 6.07) is 0.537. The molecule has 0 spiro atoms. The van der Waals surface area contributed by atoms with Crippen LogP contribution in [0, 0.1) is 0 Å². The molecule has 0 aromatic heterocycles. The summed E-state index contributed by atoms with van der Waals surface area (Å²) < 4.78 is 0. The van der Waals surface area contributed by atoms with E-state index < -0.39 is 0 Å². The largest absolute Gasteiger partial charge is 0.355 e. The second kappa shape index (κ2) is 9.32. The maximum absolute atomic E-state index is 11.8. The highest BCUT2D eigenvalue weighted by Gasteiger charge is 2.26. The number of carbonyl (C=O) groups is 1. The predicted molar refractivity (Wildman–Crippen MR) is 83.9 cm³/mol. The van der Waals surface area contributed by atoms with Crippen molar-refractivity contribution in [3.05, 3.63) is 0 Å². The number of hydrogen-bond acceptors (Lipinski definition) is 4. The third-order valence-electron chi connectivity index (χ3n) is 3.87. The first-order chi connectivity index (χ1) is 9.52. The van der Waals surface area contributed by atoms with Crippen LogP contribution in [0.2, 0.25) is 0 Å². The van der Waals surface area contributed by atoms with Crippen LogP contribution in [0.15, 0.2) is 0 Å². The predicted octanol–water partition coefficient (Wildman–Crippen LogP) is 0.470. The van der Waals surface area contributed by atoms with Crippen molar-refractivity contribution >= 4 is 5.91 Å². The number of nitrogens with one attached hydrogen (secondary N) is 1. The van der Waals surface area contributed by atoms with Crippen LogP contribution in [0.25, 0.3) is 0 Å². The first kappa shape index (κ1) is 17.4. The molecule has 1 heterocycles. The molecular formula is C15H32N4O. The van der Waals surface area contributed by atoms with Gasteiger partial charge >= 0.3 is 0 Å². The lowest BCUT2D eigenvalue weighted by Gasteiger charge is -2.28. The van der Waals surface area contributed by atoms with E-state index in [9.17, 15) is 4.79 Å². The topological polar surface area (TPSA) is 38.8 Å². The minimum atomic E-state index is 0.176. The van der Waals surface area contributed by atoms with Crippen molar-refractivity contribution in [3.8, 4) is 0 Å². The fraction of sp³-hybridized carbons (Fsp3) is 0.933. The zero-order chi connectivity index (χ0) is 15.0. The molecule has 1 unspecified atom stereocenters. The SMILES string of the molecule is CCCNC(=O)CN1CCCC1CN(C)CCN(C)C. The van der Waals surface area contributed by atoms with Crippen molar-refractivity contribution in [2.45, 2.75) is 32.2 Å². The molecule has 0 bridgehead atoms. The van der Waals surface area contributed by atoms with E-state index in [1.54, 1.807) is 0 Å². The van der Waals surface area contributed by atoms with Crippen molar-refractivity contribution in [3.63, 3.8) is 0 Å². The van der Waals surface area contributed by atoms with Crippen LogP contribution in [0.4, 0.5) is 0 Å². The Kier molecular flexibility index (Phi) is 8.11. The normalized spacial score (nSPS) is 20.0. The Morgan fingerprint density at radius 1 is 1.30 bits per heavy atom. The van der Waals surface area contributed by atoms with E-state index in [-0.39, 0.29) is 5.91 Å². The van der Waals surface area contributed by atoms with Crippen LogP contribution >= 0.6 is 0 Å². The number of carbonyl (C=O) groups excluding carboxylic acids is 1. The highest BCUT2D eigenvalue weighted by Crippen LogP contribution is 2.17. The summed E-state index contributed by atoms with van der Waals surface area (Å²) in [5.74, 6) is 0.176. The fourth-order valence-corrected chi connectivity index (χ4v) is 2.64. The van der Waals surface area contributed by atoms with Gasteiger partial charge in [-0.05, 0) is 47.0 Å². The Labute approximate surface area is 124 Å². The van der Waals surface area contributed by atoms with Crippen LogP contribution in [-0.4, -0.2) is 87.1 Å². The van der Waals surface area contributed by atoms with Gasteiger partial charge in [0.1, 0.15) is 0 Å². The average Bonchev–Trinajstić information content (AvgIpc) is 2.81. The van der Waals surface area contributed by atoms with Gasteiger partial charge in [0.15, 0.2) is 0 Å². The number of nitrogens with zero attached hydrogens (tertiary/aromatic N) is 3. The molecule has 0 aromatic carbocycles. The minimum Gasteiger partial charge on any atom is -0.355 e. The van der Waals surface area contributed by atoms with Crippen molar-refractivity contribution in [2.24, 2.45) is 0 Å². The third-order valence-corrected chi connectivity index (χ3v) is 3.87.